The molecule has 28 heavy (non-hydrogen) atoms. The molecular formula is C20H25N7O. The number of pyridine rings is 2. The first kappa shape index (κ1) is 18.4. The first-order valence-corrected chi connectivity index (χ1v) is 9.53. The molecule has 146 valence electrons. The maximum absolute atomic E-state index is 12.8. The minimum Gasteiger partial charge on any atom is -0.326 e. The number of imidazole rings is 2. The van der Waals surface area contributed by atoms with E-state index in [4.69, 9.17) is 10.7 Å². The molecule has 0 aliphatic rings. The molecule has 0 aliphatic carbocycles. The van der Waals surface area contributed by atoms with Gasteiger partial charge in [0.2, 0.25) is 0 Å². The molecule has 0 fully saturated rings. The largest absolute Gasteiger partial charge is 0.329 e. The molecule has 4 rings (SSSR count). The van der Waals surface area contributed by atoms with Crippen molar-refractivity contribution in [2.24, 2.45) is 18.7 Å². The standard InChI is InChI=1S/C20H25N7O/c1-13(2)5-7-26-18(24-15-8-14(9-21)10-23-19(15)26)12-27-17-11-22-6-4-16(17)25(3)20(27)28/h4,6,8,10-11,13H,5,7,9,12,21H2,1-3H3. The molecule has 0 atom stereocenters. The molecule has 2 N–H and O–H groups in total. The summed E-state index contributed by atoms with van der Waals surface area (Å²) in [5.74, 6) is 1.37. The Bertz CT molecular complexity index is 1200. The molecule has 8 nitrogen and oxygen atoms in total. The SMILES string of the molecule is CC(C)CCn1c(Cn2c(=O)n(C)c3ccncc32)nc2cc(CN)cnc21. The highest BCUT2D eigenvalue weighted by Crippen LogP contribution is 2.19. The minimum atomic E-state index is -0.0823. The lowest BCUT2D eigenvalue weighted by Crippen LogP contribution is -2.24. The summed E-state index contributed by atoms with van der Waals surface area (Å²) in [5.41, 5.74) is 9.92. The lowest BCUT2D eigenvalue weighted by molar-refractivity contribution is 0.505. The third kappa shape index (κ3) is 3.09. The van der Waals surface area contributed by atoms with Gasteiger partial charge in [-0.3, -0.25) is 14.1 Å². The smallest absolute Gasteiger partial charge is 0.326 e. The average molecular weight is 379 g/mol. The molecule has 0 saturated heterocycles. The fourth-order valence-corrected chi connectivity index (χ4v) is 3.51. The van der Waals surface area contributed by atoms with Crippen LogP contribution in [0.25, 0.3) is 22.2 Å². The third-order valence-corrected chi connectivity index (χ3v) is 5.13. The molecule has 0 amide bonds. The van der Waals surface area contributed by atoms with Crippen LogP contribution in [0.15, 0.2) is 35.5 Å². The maximum Gasteiger partial charge on any atom is 0.329 e. The van der Waals surface area contributed by atoms with Crippen molar-refractivity contribution in [2.45, 2.75) is 39.9 Å². The van der Waals surface area contributed by atoms with Crippen LogP contribution in [-0.4, -0.2) is 28.7 Å². The van der Waals surface area contributed by atoms with Crippen molar-refractivity contribution >= 4 is 22.2 Å². The molecule has 0 spiro atoms. The fraction of sp³-hybridized carbons (Fsp3) is 0.400. The Hall–Kier alpha value is -3.00. The number of aryl methyl sites for hydroxylation is 2. The van der Waals surface area contributed by atoms with Gasteiger partial charge >= 0.3 is 5.69 Å². The van der Waals surface area contributed by atoms with E-state index in [1.54, 1.807) is 34.8 Å². The van der Waals surface area contributed by atoms with Gasteiger partial charge in [0.05, 0.1) is 23.8 Å². The molecule has 0 bridgehead atoms. The van der Waals surface area contributed by atoms with Crippen molar-refractivity contribution in [3.63, 3.8) is 0 Å². The minimum absolute atomic E-state index is 0.0823. The van der Waals surface area contributed by atoms with Crippen LogP contribution in [0.1, 0.15) is 31.7 Å². The van der Waals surface area contributed by atoms with Gasteiger partial charge in [-0.1, -0.05) is 13.8 Å². The summed E-state index contributed by atoms with van der Waals surface area (Å²) in [6.07, 6.45) is 6.23. The van der Waals surface area contributed by atoms with Crippen molar-refractivity contribution in [3.8, 4) is 0 Å². The van der Waals surface area contributed by atoms with Crippen molar-refractivity contribution < 1.29 is 0 Å². The monoisotopic (exact) mass is 379 g/mol. The van der Waals surface area contributed by atoms with Crippen molar-refractivity contribution in [1.82, 2.24) is 28.7 Å². The highest BCUT2D eigenvalue weighted by atomic mass is 16.1. The van der Waals surface area contributed by atoms with E-state index in [0.717, 1.165) is 46.6 Å². The molecular weight excluding hydrogens is 354 g/mol. The van der Waals surface area contributed by atoms with Crippen molar-refractivity contribution in [1.29, 1.82) is 0 Å². The zero-order valence-corrected chi connectivity index (χ0v) is 16.5. The predicted molar refractivity (Wildman–Crippen MR) is 109 cm³/mol. The van der Waals surface area contributed by atoms with Crippen LogP contribution in [0.4, 0.5) is 0 Å². The molecule has 8 heteroatoms. The first-order chi connectivity index (χ1) is 13.5. The van der Waals surface area contributed by atoms with Crippen molar-refractivity contribution in [3.05, 3.63) is 52.6 Å². The van der Waals surface area contributed by atoms with Crippen LogP contribution in [0.5, 0.6) is 0 Å². The van der Waals surface area contributed by atoms with E-state index in [2.05, 4.69) is 28.4 Å². The summed E-state index contributed by atoms with van der Waals surface area (Å²) < 4.78 is 5.49. The zero-order chi connectivity index (χ0) is 19.8. The number of rotatable bonds is 6. The van der Waals surface area contributed by atoms with Gasteiger partial charge in [0.15, 0.2) is 5.65 Å². The summed E-state index contributed by atoms with van der Waals surface area (Å²) in [4.78, 5) is 26.4. The van der Waals surface area contributed by atoms with Crippen LogP contribution in [0, 0.1) is 5.92 Å². The number of aromatic nitrogens is 6. The van der Waals surface area contributed by atoms with Gasteiger partial charge < -0.3 is 10.3 Å². The Morgan fingerprint density at radius 1 is 1.18 bits per heavy atom. The van der Waals surface area contributed by atoms with E-state index in [-0.39, 0.29) is 5.69 Å². The van der Waals surface area contributed by atoms with Gasteiger partial charge in [-0.05, 0) is 30.0 Å². The highest BCUT2D eigenvalue weighted by Gasteiger charge is 2.17. The van der Waals surface area contributed by atoms with Crippen LogP contribution in [-0.2, 0) is 26.7 Å². The topological polar surface area (TPSA) is 96.5 Å². The maximum atomic E-state index is 12.8. The van der Waals surface area contributed by atoms with Crippen LogP contribution in [0.2, 0.25) is 0 Å². The Morgan fingerprint density at radius 3 is 2.75 bits per heavy atom. The van der Waals surface area contributed by atoms with Gasteiger partial charge in [0, 0.05) is 32.5 Å². The van der Waals surface area contributed by atoms with Crippen molar-refractivity contribution in [2.75, 3.05) is 0 Å². The van der Waals surface area contributed by atoms with E-state index in [1.165, 1.54) is 0 Å². The third-order valence-electron chi connectivity index (χ3n) is 5.13. The van der Waals surface area contributed by atoms with E-state index < -0.39 is 0 Å². The average Bonchev–Trinajstić information content (AvgIpc) is 3.16. The fourth-order valence-electron chi connectivity index (χ4n) is 3.51. The summed E-state index contributed by atoms with van der Waals surface area (Å²) in [6.45, 7) is 5.98. The Morgan fingerprint density at radius 2 is 2.00 bits per heavy atom. The second-order valence-corrected chi connectivity index (χ2v) is 7.54. The van der Waals surface area contributed by atoms with E-state index >= 15 is 0 Å². The van der Waals surface area contributed by atoms with Crippen LogP contribution < -0.4 is 11.4 Å². The van der Waals surface area contributed by atoms with Gasteiger partial charge in [0.1, 0.15) is 11.3 Å². The van der Waals surface area contributed by atoms with Gasteiger partial charge in [-0.2, -0.15) is 0 Å². The second kappa shape index (κ2) is 7.20. The summed E-state index contributed by atoms with van der Waals surface area (Å²) in [6, 6.07) is 3.83. The van der Waals surface area contributed by atoms with Crippen LogP contribution in [0.3, 0.4) is 0 Å². The van der Waals surface area contributed by atoms with Gasteiger partial charge in [-0.25, -0.2) is 14.8 Å². The summed E-state index contributed by atoms with van der Waals surface area (Å²) in [5, 5.41) is 0. The quantitative estimate of drug-likeness (QED) is 0.553. The Kier molecular flexibility index (Phi) is 4.72. The van der Waals surface area contributed by atoms with Crippen LogP contribution >= 0.6 is 0 Å². The number of hydrogen-bond donors (Lipinski definition) is 1. The summed E-state index contributed by atoms with van der Waals surface area (Å²) in [7, 11) is 1.78. The van der Waals surface area contributed by atoms with Gasteiger partial charge in [0.25, 0.3) is 0 Å². The Balaban J connectivity index is 1.85. The molecule has 4 aromatic rings. The normalized spacial score (nSPS) is 11.9. The van der Waals surface area contributed by atoms with E-state index in [1.807, 2.05) is 12.1 Å². The molecule has 0 saturated carbocycles. The van der Waals surface area contributed by atoms with E-state index in [9.17, 15) is 4.79 Å². The molecule has 4 heterocycles. The lowest BCUT2D eigenvalue weighted by atomic mass is 10.1. The molecule has 0 unspecified atom stereocenters. The predicted octanol–water partition coefficient (Wildman–Crippen LogP) is 2.03. The number of nitrogens with zero attached hydrogens (tertiary/aromatic N) is 6. The number of fused-ring (bicyclic) bond motifs is 2. The number of hydrogen-bond acceptors (Lipinski definition) is 5. The van der Waals surface area contributed by atoms with E-state index in [0.29, 0.717) is 19.0 Å². The zero-order valence-electron chi connectivity index (χ0n) is 16.5. The molecule has 0 aromatic carbocycles. The molecule has 0 radical (unpaired) electrons. The highest BCUT2D eigenvalue weighted by molar-refractivity contribution is 5.75. The second-order valence-electron chi connectivity index (χ2n) is 7.54. The molecule has 0 aliphatic heterocycles. The lowest BCUT2D eigenvalue weighted by Gasteiger charge is -2.11. The molecule has 4 aromatic heterocycles. The van der Waals surface area contributed by atoms with Gasteiger partial charge in [-0.15, -0.1) is 0 Å². The Labute approximate surface area is 162 Å². The summed E-state index contributed by atoms with van der Waals surface area (Å²) >= 11 is 0. The number of nitrogens with two attached hydrogens (primary N) is 1. The first-order valence-electron chi connectivity index (χ1n) is 9.53.